The van der Waals surface area contributed by atoms with Crippen molar-refractivity contribution in [1.29, 1.82) is 0 Å². The molecule has 4 nitrogen and oxygen atoms in total. The summed E-state index contributed by atoms with van der Waals surface area (Å²) >= 11 is 0.803. The van der Waals surface area contributed by atoms with Crippen LogP contribution in [0.1, 0.15) is 15.2 Å². The minimum Gasteiger partial charge on any atom is -0.293 e. The Balaban J connectivity index is 2.17. The molecule has 0 saturated carbocycles. The largest absolute Gasteiger partial charge is 0.324 e. The molecule has 1 heterocycles. The summed E-state index contributed by atoms with van der Waals surface area (Å²) in [5.74, 6) is -0.768. The molecule has 18 heavy (non-hydrogen) atoms. The topological polar surface area (TPSA) is 60.2 Å². The van der Waals surface area contributed by atoms with Crippen molar-refractivity contribution >= 4 is 22.1 Å². The highest BCUT2D eigenvalue weighted by Crippen LogP contribution is 2.25. The van der Waals surface area contributed by atoms with E-state index in [1.807, 2.05) is 0 Å². The lowest BCUT2D eigenvalue weighted by Crippen LogP contribution is -2.02. The molecule has 6 heteroatoms. The number of thiophene rings is 1. The highest BCUT2D eigenvalue weighted by molar-refractivity contribution is 7.17. The zero-order chi connectivity index (χ0) is 13.1. The maximum absolute atomic E-state index is 13.3. The van der Waals surface area contributed by atoms with Crippen LogP contribution in [0.4, 0.5) is 9.39 Å². The molecule has 0 fully saturated rings. The second-order valence-electron chi connectivity index (χ2n) is 3.59. The van der Waals surface area contributed by atoms with Gasteiger partial charge in [-0.3, -0.25) is 14.9 Å². The van der Waals surface area contributed by atoms with Gasteiger partial charge in [-0.15, -0.1) is 0 Å². The second-order valence-corrected chi connectivity index (χ2v) is 4.65. The number of Topliss-reactive ketones (excluding diaryl/α,β-unsaturated/α-hetero) is 1. The Morgan fingerprint density at radius 1 is 1.28 bits per heavy atom. The molecule has 0 spiro atoms. The van der Waals surface area contributed by atoms with Crippen molar-refractivity contribution in [1.82, 2.24) is 0 Å². The molecule has 0 radical (unpaired) electrons. The van der Waals surface area contributed by atoms with E-state index in [4.69, 9.17) is 0 Å². The van der Waals surface area contributed by atoms with Crippen molar-refractivity contribution in [3.05, 3.63) is 62.8 Å². The van der Waals surface area contributed by atoms with E-state index in [9.17, 15) is 19.3 Å². The van der Waals surface area contributed by atoms with E-state index in [0.717, 1.165) is 11.3 Å². The molecule has 0 amide bonds. The number of carbonyl (C=O) groups excluding carboxylic acids is 1. The molecule has 1 aromatic carbocycles. The molecular formula is C12H8FNO3S. The lowest BCUT2D eigenvalue weighted by Gasteiger charge is -2.00. The molecule has 0 saturated heterocycles. The zero-order valence-electron chi connectivity index (χ0n) is 9.13. The number of carbonyl (C=O) groups is 1. The monoisotopic (exact) mass is 265 g/mol. The van der Waals surface area contributed by atoms with Crippen molar-refractivity contribution in [3.8, 4) is 0 Å². The smallest absolute Gasteiger partial charge is 0.293 e. The first-order valence-electron chi connectivity index (χ1n) is 5.09. The molecule has 0 unspecified atom stereocenters. The Hall–Kier alpha value is -2.08. The van der Waals surface area contributed by atoms with Crippen molar-refractivity contribution in [3.63, 3.8) is 0 Å². The fourth-order valence-corrected chi connectivity index (χ4v) is 2.24. The first kappa shape index (κ1) is 12.4. The van der Waals surface area contributed by atoms with Crippen molar-refractivity contribution in [2.45, 2.75) is 6.42 Å². The summed E-state index contributed by atoms with van der Waals surface area (Å²) in [5.41, 5.74) is 0.290. The SMILES string of the molecule is O=C(Cc1ccccc1F)c1ccc([N+](=O)[O-])s1. The minimum absolute atomic E-state index is 0.0908. The minimum atomic E-state index is -0.551. The number of ketones is 1. The fraction of sp³-hybridized carbons (Fsp3) is 0.0833. The van der Waals surface area contributed by atoms with Crippen molar-refractivity contribution in [2.24, 2.45) is 0 Å². The van der Waals surface area contributed by atoms with E-state index < -0.39 is 10.7 Å². The van der Waals surface area contributed by atoms with Gasteiger partial charge in [-0.1, -0.05) is 29.5 Å². The molecule has 0 aliphatic heterocycles. The molecule has 1 aromatic heterocycles. The number of hydrogen-bond acceptors (Lipinski definition) is 4. The first-order chi connectivity index (χ1) is 8.58. The average molecular weight is 265 g/mol. The molecule has 92 valence electrons. The van der Waals surface area contributed by atoms with E-state index in [2.05, 4.69) is 0 Å². The fourth-order valence-electron chi connectivity index (χ4n) is 1.48. The van der Waals surface area contributed by atoms with Crippen molar-refractivity contribution in [2.75, 3.05) is 0 Å². The van der Waals surface area contributed by atoms with Gasteiger partial charge in [-0.2, -0.15) is 0 Å². The quantitative estimate of drug-likeness (QED) is 0.484. The van der Waals surface area contributed by atoms with Gasteiger partial charge in [0, 0.05) is 12.5 Å². The molecule has 0 bridgehead atoms. The Kier molecular flexibility index (Phi) is 3.47. The van der Waals surface area contributed by atoms with Crippen LogP contribution in [0, 0.1) is 15.9 Å². The molecule has 0 aliphatic rings. The molecule has 2 aromatic rings. The molecule has 0 atom stereocenters. The lowest BCUT2D eigenvalue weighted by atomic mass is 10.1. The van der Waals surface area contributed by atoms with Gasteiger partial charge in [0.25, 0.3) is 0 Å². The molecular weight excluding hydrogens is 257 g/mol. The third-order valence-corrected chi connectivity index (χ3v) is 3.43. The van der Waals surface area contributed by atoms with E-state index in [0.29, 0.717) is 5.56 Å². The van der Waals surface area contributed by atoms with E-state index in [1.165, 1.54) is 24.3 Å². The molecule has 0 aliphatic carbocycles. The van der Waals surface area contributed by atoms with Gasteiger partial charge in [0.1, 0.15) is 5.82 Å². The van der Waals surface area contributed by atoms with Crippen LogP contribution in [0.2, 0.25) is 0 Å². The van der Waals surface area contributed by atoms with Crippen LogP contribution in [0.3, 0.4) is 0 Å². The standard InChI is InChI=1S/C12H8FNO3S/c13-9-4-2-1-3-8(9)7-10(15)11-5-6-12(18-11)14(16)17/h1-6H,7H2. The third kappa shape index (κ3) is 2.60. The third-order valence-electron chi connectivity index (χ3n) is 2.36. The molecule has 2 rings (SSSR count). The van der Waals surface area contributed by atoms with Crippen LogP contribution in [0.5, 0.6) is 0 Å². The normalized spacial score (nSPS) is 10.3. The van der Waals surface area contributed by atoms with Gasteiger partial charge in [0.05, 0.1) is 9.80 Å². The van der Waals surface area contributed by atoms with Gasteiger partial charge in [0.2, 0.25) is 0 Å². The molecule has 0 N–H and O–H groups in total. The van der Waals surface area contributed by atoms with Crippen LogP contribution >= 0.6 is 11.3 Å². The summed E-state index contributed by atoms with van der Waals surface area (Å²) in [6.45, 7) is 0. The van der Waals surface area contributed by atoms with E-state index in [1.54, 1.807) is 12.1 Å². The summed E-state index contributed by atoms with van der Waals surface area (Å²) in [7, 11) is 0. The predicted molar refractivity (Wildman–Crippen MR) is 65.4 cm³/mol. The van der Waals surface area contributed by atoms with Crippen LogP contribution < -0.4 is 0 Å². The first-order valence-corrected chi connectivity index (χ1v) is 5.90. The number of benzene rings is 1. The van der Waals surface area contributed by atoms with E-state index >= 15 is 0 Å². The Morgan fingerprint density at radius 2 is 2.00 bits per heavy atom. The van der Waals surface area contributed by atoms with Gasteiger partial charge < -0.3 is 0 Å². The van der Waals surface area contributed by atoms with Gasteiger partial charge in [-0.05, 0) is 17.7 Å². The van der Waals surface area contributed by atoms with Gasteiger partial charge in [0.15, 0.2) is 5.78 Å². The van der Waals surface area contributed by atoms with Crippen LogP contribution in [-0.2, 0) is 6.42 Å². The summed E-state index contributed by atoms with van der Waals surface area (Å²) in [5, 5.41) is 10.4. The number of rotatable bonds is 4. The maximum atomic E-state index is 13.3. The second kappa shape index (κ2) is 5.05. The highest BCUT2D eigenvalue weighted by atomic mass is 32.1. The van der Waals surface area contributed by atoms with Gasteiger partial charge >= 0.3 is 5.00 Å². The summed E-state index contributed by atoms with van der Waals surface area (Å²) in [6, 6.07) is 8.65. The number of halogens is 1. The number of nitro groups is 1. The summed E-state index contributed by atoms with van der Waals surface area (Å²) < 4.78 is 13.3. The average Bonchev–Trinajstić information content (AvgIpc) is 2.81. The van der Waals surface area contributed by atoms with Crippen LogP contribution in [-0.4, -0.2) is 10.7 Å². The Bertz CT molecular complexity index is 609. The van der Waals surface area contributed by atoms with Crippen LogP contribution in [0.15, 0.2) is 36.4 Å². The number of hydrogen-bond donors (Lipinski definition) is 0. The highest BCUT2D eigenvalue weighted by Gasteiger charge is 2.16. The zero-order valence-corrected chi connectivity index (χ0v) is 9.95. The summed E-state index contributed by atoms with van der Waals surface area (Å²) in [6.07, 6.45) is -0.0929. The summed E-state index contributed by atoms with van der Waals surface area (Å²) in [4.78, 5) is 22.0. The lowest BCUT2D eigenvalue weighted by molar-refractivity contribution is -0.380. The van der Waals surface area contributed by atoms with Crippen LogP contribution in [0.25, 0.3) is 0 Å². The van der Waals surface area contributed by atoms with Crippen molar-refractivity contribution < 1.29 is 14.1 Å². The van der Waals surface area contributed by atoms with Gasteiger partial charge in [-0.25, -0.2) is 4.39 Å². The number of nitrogens with zero attached hydrogens (tertiary/aromatic N) is 1. The maximum Gasteiger partial charge on any atom is 0.324 e. The Morgan fingerprint density at radius 3 is 2.61 bits per heavy atom. The van der Waals surface area contributed by atoms with E-state index in [-0.39, 0.29) is 22.1 Å². The predicted octanol–water partition coefficient (Wildman–Crippen LogP) is 3.22. The Labute approximate surface area is 106 Å².